The van der Waals surface area contributed by atoms with Crippen molar-refractivity contribution in [2.24, 2.45) is 0 Å². The Balaban J connectivity index is 1.78. The lowest BCUT2D eigenvalue weighted by Crippen LogP contribution is -2.27. The largest absolute Gasteiger partial charge is 0.482 e. The number of rotatable bonds is 6. The van der Waals surface area contributed by atoms with Crippen molar-refractivity contribution in [2.45, 2.75) is 33.7 Å². The normalized spacial score (nSPS) is 12.0. The number of aliphatic carboxylic acids is 1. The molecule has 0 spiro atoms. The lowest BCUT2D eigenvalue weighted by Gasteiger charge is -2.15. The summed E-state index contributed by atoms with van der Waals surface area (Å²) >= 11 is 0. The number of aryl methyl sites for hydroxylation is 3. The van der Waals surface area contributed by atoms with Crippen molar-refractivity contribution in [3.8, 4) is 5.75 Å². The summed E-state index contributed by atoms with van der Waals surface area (Å²) < 4.78 is 6.80. The Hall–Kier alpha value is -3.42. The molecule has 0 radical (unpaired) electrons. The SMILES string of the molecule is Cc1cc(C)n2nc(C)c(C(=O)NC(C)c3ccc(OCC(=O)O)cc3)c2n1. The Labute approximate surface area is 162 Å². The molecule has 0 bridgehead atoms. The highest BCUT2D eigenvalue weighted by Crippen LogP contribution is 2.20. The maximum Gasteiger partial charge on any atom is 0.341 e. The molecule has 2 aromatic heterocycles. The van der Waals surface area contributed by atoms with E-state index in [1.807, 2.05) is 26.8 Å². The van der Waals surface area contributed by atoms with Crippen molar-refractivity contribution in [3.05, 3.63) is 58.5 Å². The zero-order valence-electron chi connectivity index (χ0n) is 16.2. The number of hydrogen-bond donors (Lipinski definition) is 2. The number of carboxylic acid groups (broad SMARTS) is 1. The molecule has 0 aliphatic rings. The number of aromatic nitrogens is 3. The van der Waals surface area contributed by atoms with Crippen LogP contribution < -0.4 is 10.1 Å². The Kier molecular flexibility index (Phi) is 5.30. The number of nitrogens with one attached hydrogen (secondary N) is 1. The molecule has 1 atom stereocenters. The fraction of sp³-hybridized carbons (Fsp3) is 0.300. The molecule has 0 saturated carbocycles. The van der Waals surface area contributed by atoms with E-state index >= 15 is 0 Å². The van der Waals surface area contributed by atoms with Crippen LogP contribution in [0.5, 0.6) is 5.75 Å². The van der Waals surface area contributed by atoms with Crippen LogP contribution in [0.4, 0.5) is 0 Å². The van der Waals surface area contributed by atoms with E-state index in [0.717, 1.165) is 17.0 Å². The standard InChI is InChI=1S/C20H22N4O4/c1-11-9-12(2)24-19(21-11)18(14(4)23-24)20(27)22-13(3)15-5-7-16(8-6-15)28-10-17(25)26/h5-9,13H,10H2,1-4H3,(H,22,27)(H,25,26). The lowest BCUT2D eigenvalue weighted by atomic mass is 10.1. The number of amides is 1. The number of carboxylic acids is 1. The highest BCUT2D eigenvalue weighted by Gasteiger charge is 2.21. The number of ether oxygens (including phenoxy) is 1. The van der Waals surface area contributed by atoms with Crippen molar-refractivity contribution in [1.29, 1.82) is 0 Å². The van der Waals surface area contributed by atoms with E-state index in [-0.39, 0.29) is 11.9 Å². The van der Waals surface area contributed by atoms with Gasteiger partial charge in [-0.2, -0.15) is 5.10 Å². The van der Waals surface area contributed by atoms with E-state index in [1.54, 1.807) is 35.7 Å². The predicted octanol–water partition coefficient (Wildman–Crippen LogP) is 2.61. The minimum absolute atomic E-state index is 0.247. The first-order valence-corrected chi connectivity index (χ1v) is 8.85. The Morgan fingerprint density at radius 3 is 2.54 bits per heavy atom. The first-order valence-electron chi connectivity index (χ1n) is 8.85. The van der Waals surface area contributed by atoms with E-state index in [1.165, 1.54) is 0 Å². The molecular weight excluding hydrogens is 360 g/mol. The second-order valence-electron chi connectivity index (χ2n) is 6.68. The number of hydrogen-bond acceptors (Lipinski definition) is 5. The number of carbonyl (C=O) groups is 2. The van der Waals surface area contributed by atoms with Gasteiger partial charge in [0.1, 0.15) is 11.3 Å². The summed E-state index contributed by atoms with van der Waals surface area (Å²) in [5, 5.41) is 16.1. The van der Waals surface area contributed by atoms with Crippen LogP contribution in [0.1, 0.15) is 46.0 Å². The van der Waals surface area contributed by atoms with E-state index in [9.17, 15) is 9.59 Å². The molecule has 0 aliphatic heterocycles. The van der Waals surface area contributed by atoms with Crippen molar-refractivity contribution >= 4 is 17.5 Å². The summed E-state index contributed by atoms with van der Waals surface area (Å²) in [5.74, 6) is -0.824. The van der Waals surface area contributed by atoms with Crippen LogP contribution in [0.25, 0.3) is 5.65 Å². The summed E-state index contributed by atoms with van der Waals surface area (Å²) in [7, 11) is 0. The molecule has 0 aliphatic carbocycles. The topological polar surface area (TPSA) is 106 Å². The van der Waals surface area contributed by atoms with Crippen LogP contribution in [-0.2, 0) is 4.79 Å². The maximum absolute atomic E-state index is 12.9. The van der Waals surface area contributed by atoms with E-state index in [4.69, 9.17) is 9.84 Å². The van der Waals surface area contributed by atoms with Gasteiger partial charge in [-0.3, -0.25) is 4.79 Å². The molecule has 0 fully saturated rings. The minimum atomic E-state index is -1.03. The predicted molar refractivity (Wildman–Crippen MR) is 103 cm³/mol. The van der Waals surface area contributed by atoms with Gasteiger partial charge in [0.2, 0.25) is 0 Å². The third-order valence-corrected chi connectivity index (χ3v) is 4.39. The van der Waals surface area contributed by atoms with Gasteiger partial charge in [-0.15, -0.1) is 0 Å². The molecule has 28 heavy (non-hydrogen) atoms. The summed E-state index contributed by atoms with van der Waals surface area (Å²) in [5.41, 5.74) is 4.21. The fourth-order valence-electron chi connectivity index (χ4n) is 3.04. The fourth-order valence-corrected chi connectivity index (χ4v) is 3.04. The molecule has 0 saturated heterocycles. The Morgan fingerprint density at radius 2 is 1.89 bits per heavy atom. The molecule has 1 amide bonds. The molecule has 3 aromatic rings. The van der Waals surface area contributed by atoms with Gasteiger partial charge in [0.25, 0.3) is 5.91 Å². The number of carbonyl (C=O) groups excluding carboxylic acids is 1. The average Bonchev–Trinajstić information content (AvgIpc) is 2.96. The summed E-state index contributed by atoms with van der Waals surface area (Å²) in [4.78, 5) is 27.9. The monoisotopic (exact) mass is 382 g/mol. The smallest absolute Gasteiger partial charge is 0.341 e. The summed E-state index contributed by atoms with van der Waals surface area (Å²) in [6.07, 6.45) is 0. The lowest BCUT2D eigenvalue weighted by molar-refractivity contribution is -0.139. The van der Waals surface area contributed by atoms with Crippen LogP contribution in [0.2, 0.25) is 0 Å². The van der Waals surface area contributed by atoms with E-state index in [2.05, 4.69) is 15.4 Å². The number of fused-ring (bicyclic) bond motifs is 1. The van der Waals surface area contributed by atoms with Crippen molar-refractivity contribution < 1.29 is 19.4 Å². The van der Waals surface area contributed by atoms with Crippen LogP contribution in [0, 0.1) is 20.8 Å². The van der Waals surface area contributed by atoms with Gasteiger partial charge in [-0.05, 0) is 51.5 Å². The molecule has 146 valence electrons. The quantitative estimate of drug-likeness (QED) is 0.679. The summed E-state index contributed by atoms with van der Waals surface area (Å²) in [6.45, 7) is 7.07. The van der Waals surface area contributed by atoms with E-state index < -0.39 is 12.6 Å². The molecule has 8 nitrogen and oxygen atoms in total. The molecule has 3 rings (SSSR count). The second kappa shape index (κ2) is 7.67. The molecule has 2 N–H and O–H groups in total. The zero-order valence-corrected chi connectivity index (χ0v) is 16.2. The van der Waals surface area contributed by atoms with E-state index in [0.29, 0.717) is 22.7 Å². The maximum atomic E-state index is 12.9. The zero-order chi connectivity index (χ0) is 20.4. The molecule has 1 unspecified atom stereocenters. The third kappa shape index (κ3) is 3.95. The molecule has 1 aromatic carbocycles. The number of nitrogens with zero attached hydrogens (tertiary/aromatic N) is 3. The van der Waals surface area contributed by atoms with Gasteiger partial charge in [-0.25, -0.2) is 14.3 Å². The molecule has 2 heterocycles. The van der Waals surface area contributed by atoms with Gasteiger partial charge in [-0.1, -0.05) is 12.1 Å². The Bertz CT molecular complexity index is 1040. The number of benzene rings is 1. The van der Waals surface area contributed by atoms with Crippen molar-refractivity contribution in [3.63, 3.8) is 0 Å². The highest BCUT2D eigenvalue weighted by atomic mass is 16.5. The first-order chi connectivity index (χ1) is 13.3. The highest BCUT2D eigenvalue weighted by molar-refractivity contribution is 6.01. The van der Waals surface area contributed by atoms with Gasteiger partial charge >= 0.3 is 5.97 Å². The van der Waals surface area contributed by atoms with Crippen molar-refractivity contribution in [1.82, 2.24) is 19.9 Å². The first kappa shape index (κ1) is 19.3. The van der Waals surface area contributed by atoms with Gasteiger partial charge in [0.05, 0.1) is 11.7 Å². The molecule has 8 heteroatoms. The van der Waals surface area contributed by atoms with Crippen LogP contribution in [-0.4, -0.2) is 38.2 Å². The average molecular weight is 382 g/mol. The van der Waals surface area contributed by atoms with Crippen LogP contribution in [0.3, 0.4) is 0 Å². The third-order valence-electron chi connectivity index (χ3n) is 4.39. The van der Waals surface area contributed by atoms with Crippen LogP contribution >= 0.6 is 0 Å². The van der Waals surface area contributed by atoms with Gasteiger partial charge in [0.15, 0.2) is 12.3 Å². The molecular formula is C20H22N4O4. The minimum Gasteiger partial charge on any atom is -0.482 e. The van der Waals surface area contributed by atoms with Crippen LogP contribution in [0.15, 0.2) is 30.3 Å². The van der Waals surface area contributed by atoms with Gasteiger partial charge in [0, 0.05) is 11.4 Å². The van der Waals surface area contributed by atoms with Crippen molar-refractivity contribution in [2.75, 3.05) is 6.61 Å². The Morgan fingerprint density at radius 1 is 1.21 bits per heavy atom. The summed E-state index contributed by atoms with van der Waals surface area (Å²) in [6, 6.07) is 8.58. The van der Waals surface area contributed by atoms with Gasteiger partial charge < -0.3 is 15.2 Å². The second-order valence-corrected chi connectivity index (χ2v) is 6.68.